The molecule has 1 aliphatic rings. The molecule has 0 aliphatic carbocycles. The molecule has 8 heteroatoms. The summed E-state index contributed by atoms with van der Waals surface area (Å²) in [6, 6.07) is 11.0. The molecule has 3 rings (SSSR count). The van der Waals surface area contributed by atoms with Crippen molar-refractivity contribution >= 4 is 23.6 Å². The number of carbonyl (C=O) groups is 2. The number of methoxy groups -OCH3 is 1. The van der Waals surface area contributed by atoms with Crippen LogP contribution in [-0.4, -0.2) is 24.2 Å². The lowest BCUT2D eigenvalue weighted by molar-refractivity contribution is -0.140. The van der Waals surface area contributed by atoms with E-state index in [1.165, 1.54) is 19.2 Å². The molecule has 0 aromatic heterocycles. The zero-order valence-corrected chi connectivity index (χ0v) is 16.0. The minimum absolute atomic E-state index is 0.0387. The van der Waals surface area contributed by atoms with Crippen molar-refractivity contribution in [3.63, 3.8) is 0 Å². The van der Waals surface area contributed by atoms with Crippen molar-refractivity contribution in [3.05, 3.63) is 69.9 Å². The van der Waals surface area contributed by atoms with Gasteiger partial charge in [0, 0.05) is 5.70 Å². The lowest BCUT2D eigenvalue weighted by atomic mass is 9.95. The number of phenols is 1. The number of carbonyl (C=O) groups excluding carboxylic acids is 2. The highest BCUT2D eigenvalue weighted by molar-refractivity contribution is 6.32. The molecule has 2 amide bonds. The van der Waals surface area contributed by atoms with Crippen molar-refractivity contribution < 1.29 is 24.2 Å². The molecular formula is C20H19ClN2O5. The fraction of sp³-hybridized carbons (Fsp3) is 0.200. The molecule has 1 aliphatic heterocycles. The van der Waals surface area contributed by atoms with Crippen LogP contribution in [0.4, 0.5) is 4.79 Å². The zero-order chi connectivity index (χ0) is 20.3. The van der Waals surface area contributed by atoms with Crippen molar-refractivity contribution in [3.8, 4) is 11.5 Å². The highest BCUT2D eigenvalue weighted by Crippen LogP contribution is 2.39. The number of ether oxygens (including phenoxy) is 2. The average molecular weight is 403 g/mol. The molecule has 146 valence electrons. The van der Waals surface area contributed by atoms with E-state index in [2.05, 4.69) is 10.6 Å². The fourth-order valence-corrected chi connectivity index (χ4v) is 3.15. The van der Waals surface area contributed by atoms with Gasteiger partial charge in [0.15, 0.2) is 11.5 Å². The van der Waals surface area contributed by atoms with Crippen molar-refractivity contribution in [2.45, 2.75) is 19.6 Å². The van der Waals surface area contributed by atoms with Gasteiger partial charge in [-0.3, -0.25) is 0 Å². The summed E-state index contributed by atoms with van der Waals surface area (Å²) in [6.45, 7) is 1.71. The summed E-state index contributed by atoms with van der Waals surface area (Å²) in [4.78, 5) is 24.8. The summed E-state index contributed by atoms with van der Waals surface area (Å²) in [5, 5.41) is 15.3. The van der Waals surface area contributed by atoms with Gasteiger partial charge in [-0.2, -0.15) is 0 Å². The Bertz CT molecular complexity index is 943. The lowest BCUT2D eigenvalue weighted by Gasteiger charge is -2.28. The van der Waals surface area contributed by atoms with Crippen LogP contribution in [0.15, 0.2) is 53.7 Å². The maximum absolute atomic E-state index is 12.8. The molecule has 2 aromatic carbocycles. The van der Waals surface area contributed by atoms with Crippen LogP contribution in [0, 0.1) is 0 Å². The summed E-state index contributed by atoms with van der Waals surface area (Å²) in [7, 11) is 1.38. The summed E-state index contributed by atoms with van der Waals surface area (Å²) in [5.41, 5.74) is 1.92. The monoisotopic (exact) mass is 402 g/mol. The normalized spacial score (nSPS) is 16.2. The predicted molar refractivity (Wildman–Crippen MR) is 103 cm³/mol. The standard InChI is InChI=1S/C20H19ClN2O5/c1-11-16(19(25)28-10-12-6-4-3-5-7-12)17(23-20(26)22-11)13-8-14(21)18(24)15(9-13)27-2/h3-9,17,24H,10H2,1-2H3,(H2,22,23,26). The molecule has 0 fully saturated rings. The van der Waals surface area contributed by atoms with E-state index < -0.39 is 18.0 Å². The fourth-order valence-electron chi connectivity index (χ4n) is 2.93. The van der Waals surface area contributed by atoms with Crippen LogP contribution in [0.5, 0.6) is 11.5 Å². The summed E-state index contributed by atoms with van der Waals surface area (Å²) < 4.78 is 10.6. The number of benzene rings is 2. The quantitative estimate of drug-likeness (QED) is 0.666. The van der Waals surface area contributed by atoms with Gasteiger partial charge in [0.1, 0.15) is 6.61 Å². The molecule has 28 heavy (non-hydrogen) atoms. The number of rotatable bonds is 5. The number of amides is 2. The van der Waals surface area contributed by atoms with Crippen LogP contribution in [0.1, 0.15) is 24.1 Å². The van der Waals surface area contributed by atoms with Gasteiger partial charge in [-0.15, -0.1) is 0 Å². The van der Waals surface area contributed by atoms with Gasteiger partial charge < -0.3 is 25.2 Å². The molecular weight excluding hydrogens is 384 g/mol. The van der Waals surface area contributed by atoms with Crippen molar-refractivity contribution in [1.29, 1.82) is 0 Å². The van der Waals surface area contributed by atoms with E-state index in [0.717, 1.165) is 5.56 Å². The van der Waals surface area contributed by atoms with Crippen LogP contribution in [0.2, 0.25) is 5.02 Å². The third-order valence-electron chi connectivity index (χ3n) is 4.31. The zero-order valence-electron chi connectivity index (χ0n) is 15.3. The van der Waals surface area contributed by atoms with Crippen LogP contribution in [-0.2, 0) is 16.1 Å². The van der Waals surface area contributed by atoms with Crippen LogP contribution >= 0.6 is 11.6 Å². The summed E-state index contributed by atoms with van der Waals surface area (Å²) in [5.74, 6) is -0.672. The number of halogens is 1. The van der Waals surface area contributed by atoms with Gasteiger partial charge in [-0.25, -0.2) is 9.59 Å². The number of nitrogens with one attached hydrogen (secondary N) is 2. The number of esters is 1. The Kier molecular flexibility index (Phi) is 5.75. The number of hydrogen-bond acceptors (Lipinski definition) is 5. The Hall–Kier alpha value is -3.19. The molecule has 1 atom stereocenters. The van der Waals surface area contributed by atoms with Crippen molar-refractivity contribution in [2.75, 3.05) is 7.11 Å². The van der Waals surface area contributed by atoms with Gasteiger partial charge in [0.05, 0.1) is 23.7 Å². The van der Waals surface area contributed by atoms with Gasteiger partial charge in [-0.05, 0) is 30.2 Å². The Labute approximate surface area is 166 Å². The number of hydrogen-bond donors (Lipinski definition) is 3. The first-order chi connectivity index (χ1) is 13.4. The van der Waals surface area contributed by atoms with E-state index in [1.54, 1.807) is 6.92 Å². The molecule has 1 unspecified atom stereocenters. The Morgan fingerprint density at radius 3 is 2.64 bits per heavy atom. The smallest absolute Gasteiger partial charge is 0.338 e. The molecule has 0 saturated heterocycles. The Morgan fingerprint density at radius 2 is 1.96 bits per heavy atom. The first-order valence-electron chi connectivity index (χ1n) is 8.46. The molecule has 3 N–H and O–H groups in total. The number of allylic oxidation sites excluding steroid dienone is 1. The molecule has 0 saturated carbocycles. The second-order valence-corrected chi connectivity index (χ2v) is 6.59. The highest BCUT2D eigenvalue weighted by atomic mass is 35.5. The lowest BCUT2D eigenvalue weighted by Crippen LogP contribution is -2.45. The Balaban J connectivity index is 1.93. The van der Waals surface area contributed by atoms with E-state index in [4.69, 9.17) is 21.1 Å². The minimum atomic E-state index is -0.816. The van der Waals surface area contributed by atoms with Crippen LogP contribution < -0.4 is 15.4 Å². The minimum Gasteiger partial charge on any atom is -0.503 e. The van der Waals surface area contributed by atoms with E-state index in [-0.39, 0.29) is 28.7 Å². The maximum atomic E-state index is 12.8. The molecule has 2 aromatic rings. The van der Waals surface area contributed by atoms with E-state index >= 15 is 0 Å². The molecule has 0 bridgehead atoms. The average Bonchev–Trinajstić information content (AvgIpc) is 2.68. The second-order valence-electron chi connectivity index (χ2n) is 6.19. The SMILES string of the molecule is COc1cc(C2NC(=O)NC(C)=C2C(=O)OCc2ccccc2)cc(Cl)c1O. The first-order valence-corrected chi connectivity index (χ1v) is 8.84. The van der Waals surface area contributed by atoms with E-state index in [0.29, 0.717) is 11.3 Å². The first kappa shape index (κ1) is 19.6. The summed E-state index contributed by atoms with van der Waals surface area (Å²) in [6.07, 6.45) is 0. The topological polar surface area (TPSA) is 96.9 Å². The van der Waals surface area contributed by atoms with Crippen LogP contribution in [0.25, 0.3) is 0 Å². The van der Waals surface area contributed by atoms with E-state index in [9.17, 15) is 14.7 Å². The van der Waals surface area contributed by atoms with Gasteiger partial charge in [0.25, 0.3) is 0 Å². The molecule has 1 heterocycles. The van der Waals surface area contributed by atoms with Crippen molar-refractivity contribution in [2.24, 2.45) is 0 Å². The van der Waals surface area contributed by atoms with E-state index in [1.807, 2.05) is 30.3 Å². The Morgan fingerprint density at radius 1 is 1.25 bits per heavy atom. The number of phenolic OH excluding ortho intramolecular Hbond substituents is 1. The van der Waals surface area contributed by atoms with Crippen molar-refractivity contribution in [1.82, 2.24) is 10.6 Å². The largest absolute Gasteiger partial charge is 0.503 e. The van der Waals surface area contributed by atoms with Gasteiger partial charge >= 0.3 is 12.0 Å². The second kappa shape index (κ2) is 8.22. The number of aromatic hydroxyl groups is 1. The van der Waals surface area contributed by atoms with Crippen LogP contribution in [0.3, 0.4) is 0 Å². The highest BCUT2D eigenvalue weighted by Gasteiger charge is 2.33. The number of urea groups is 1. The summed E-state index contributed by atoms with van der Waals surface area (Å²) >= 11 is 6.07. The molecule has 0 radical (unpaired) electrons. The van der Waals surface area contributed by atoms with Gasteiger partial charge in [-0.1, -0.05) is 41.9 Å². The predicted octanol–water partition coefficient (Wildman–Crippen LogP) is 3.43. The molecule has 7 nitrogen and oxygen atoms in total. The third kappa shape index (κ3) is 4.04. The third-order valence-corrected chi connectivity index (χ3v) is 4.59. The maximum Gasteiger partial charge on any atom is 0.338 e. The van der Waals surface area contributed by atoms with Gasteiger partial charge in [0.2, 0.25) is 0 Å². The molecule has 0 spiro atoms.